The summed E-state index contributed by atoms with van der Waals surface area (Å²) in [7, 11) is 0. The number of anilines is 2. The fraction of sp³-hybridized carbons (Fsp3) is 0.0714. The number of nitrogens with zero attached hydrogens (tertiary/aromatic N) is 3. The van der Waals surface area contributed by atoms with Gasteiger partial charge in [-0.3, -0.25) is 4.79 Å². The number of benzene rings is 3. The number of carbonyl (C=O) groups excluding carboxylic acids is 2. The van der Waals surface area contributed by atoms with E-state index in [2.05, 4.69) is 20.7 Å². The van der Waals surface area contributed by atoms with Crippen molar-refractivity contribution >= 4 is 34.3 Å². The average Bonchev–Trinajstić information content (AvgIpc) is 3.37. The van der Waals surface area contributed by atoms with Crippen LogP contribution in [0.1, 0.15) is 17.3 Å². The van der Waals surface area contributed by atoms with Crippen LogP contribution in [0.5, 0.6) is 23.0 Å². The van der Waals surface area contributed by atoms with Crippen molar-refractivity contribution in [1.29, 1.82) is 0 Å². The van der Waals surface area contributed by atoms with Gasteiger partial charge in [-0.25, -0.2) is 14.2 Å². The summed E-state index contributed by atoms with van der Waals surface area (Å²) in [5, 5.41) is 9.42. The zero-order valence-corrected chi connectivity index (χ0v) is 21.1. The zero-order chi connectivity index (χ0) is 29.1. The molecule has 5 aromatic rings. The van der Waals surface area contributed by atoms with E-state index in [0.29, 0.717) is 28.2 Å². The lowest BCUT2D eigenvalue weighted by Gasteiger charge is -2.16. The van der Waals surface area contributed by atoms with E-state index in [-0.39, 0.29) is 17.3 Å². The Kier molecular flexibility index (Phi) is 7.25. The molecule has 0 saturated carbocycles. The Hall–Kier alpha value is -5.46. The molecule has 0 bridgehead atoms. The third-order valence-corrected chi connectivity index (χ3v) is 5.65. The molecule has 0 aliphatic heterocycles. The van der Waals surface area contributed by atoms with Gasteiger partial charge in [0.15, 0.2) is 5.65 Å². The first kappa shape index (κ1) is 27.1. The summed E-state index contributed by atoms with van der Waals surface area (Å²) in [5.74, 6) is -0.538. The van der Waals surface area contributed by atoms with Gasteiger partial charge in [-0.05, 0) is 72.8 Å². The van der Waals surface area contributed by atoms with Crippen molar-refractivity contribution in [2.75, 3.05) is 10.6 Å². The molecule has 0 spiro atoms. The van der Waals surface area contributed by atoms with Crippen molar-refractivity contribution in [3.05, 3.63) is 96.6 Å². The fourth-order valence-corrected chi connectivity index (χ4v) is 3.80. The maximum Gasteiger partial charge on any atom is 0.420 e. The molecule has 208 valence electrons. The molecule has 5 rings (SSSR count). The number of fused-ring (bicyclic) bond motifs is 1. The number of urea groups is 1. The topological polar surface area (TPSA) is 107 Å². The summed E-state index contributed by atoms with van der Waals surface area (Å²) >= 11 is 0. The molecule has 0 fully saturated rings. The third kappa shape index (κ3) is 6.24. The van der Waals surface area contributed by atoms with Crippen LogP contribution in [-0.4, -0.2) is 26.7 Å². The number of aromatic nitrogens is 3. The normalized spacial score (nSPS) is 11.2. The van der Waals surface area contributed by atoms with Crippen LogP contribution in [0.15, 0.2) is 85.2 Å². The molecule has 0 aliphatic carbocycles. The molecule has 13 heteroatoms. The highest BCUT2D eigenvalue weighted by Gasteiger charge is 2.35. The lowest BCUT2D eigenvalue weighted by molar-refractivity contribution is -0.138. The molecule has 41 heavy (non-hydrogen) atoms. The Balaban J connectivity index is 1.25. The first-order valence-electron chi connectivity index (χ1n) is 11.9. The van der Waals surface area contributed by atoms with Gasteiger partial charge in [-0.15, -0.1) is 0 Å². The molecular formula is C28H19F4N5O4. The van der Waals surface area contributed by atoms with E-state index in [9.17, 15) is 27.2 Å². The molecule has 2 aromatic heterocycles. The SMILES string of the molecule is CC(=O)n1ncc2c(Oc3ccc(NC(=O)Nc4ccc(Oc5ccc(F)cc5)c(C(F)(F)F)c4)cc3)ccnc21. The van der Waals surface area contributed by atoms with Gasteiger partial charge in [0.1, 0.15) is 34.4 Å². The van der Waals surface area contributed by atoms with E-state index in [0.717, 1.165) is 28.9 Å². The maximum absolute atomic E-state index is 13.7. The van der Waals surface area contributed by atoms with Gasteiger partial charge in [0, 0.05) is 24.5 Å². The van der Waals surface area contributed by atoms with Crippen LogP contribution < -0.4 is 20.1 Å². The molecule has 2 heterocycles. The van der Waals surface area contributed by atoms with Gasteiger partial charge in [-0.2, -0.15) is 23.0 Å². The van der Waals surface area contributed by atoms with Crippen molar-refractivity contribution < 1.29 is 36.6 Å². The summed E-state index contributed by atoms with van der Waals surface area (Å²) in [6, 6.07) is 14.6. The number of halogens is 4. The largest absolute Gasteiger partial charge is 0.457 e. The second-order valence-corrected chi connectivity index (χ2v) is 8.59. The van der Waals surface area contributed by atoms with Crippen LogP contribution >= 0.6 is 0 Å². The fourth-order valence-electron chi connectivity index (χ4n) is 3.80. The summed E-state index contributed by atoms with van der Waals surface area (Å²) in [6.07, 6.45) is -1.85. The number of carbonyl (C=O) groups is 2. The molecule has 3 aromatic carbocycles. The van der Waals surface area contributed by atoms with E-state index in [1.54, 1.807) is 18.2 Å². The van der Waals surface area contributed by atoms with E-state index >= 15 is 0 Å². The second-order valence-electron chi connectivity index (χ2n) is 8.59. The van der Waals surface area contributed by atoms with Crippen LogP contribution in [0.3, 0.4) is 0 Å². The van der Waals surface area contributed by atoms with Gasteiger partial charge in [0.05, 0.1) is 11.6 Å². The summed E-state index contributed by atoms with van der Waals surface area (Å²) in [4.78, 5) is 28.3. The predicted molar refractivity (Wildman–Crippen MR) is 141 cm³/mol. The first-order chi connectivity index (χ1) is 19.6. The lowest BCUT2D eigenvalue weighted by Crippen LogP contribution is -2.20. The summed E-state index contributed by atoms with van der Waals surface area (Å²) in [5.41, 5.74) is -0.575. The van der Waals surface area contributed by atoms with Crippen LogP contribution in [0.4, 0.5) is 33.7 Å². The van der Waals surface area contributed by atoms with Gasteiger partial charge in [-0.1, -0.05) is 0 Å². The number of hydrogen-bond acceptors (Lipinski definition) is 6. The Morgan fingerprint density at radius 2 is 1.44 bits per heavy atom. The number of pyridine rings is 1. The minimum absolute atomic E-state index is 0.0160. The first-order valence-corrected chi connectivity index (χ1v) is 11.9. The minimum atomic E-state index is -4.79. The van der Waals surface area contributed by atoms with Gasteiger partial charge in [0.25, 0.3) is 0 Å². The number of alkyl halides is 3. The highest BCUT2D eigenvalue weighted by Crippen LogP contribution is 2.40. The highest BCUT2D eigenvalue weighted by molar-refractivity contribution is 6.00. The van der Waals surface area contributed by atoms with Gasteiger partial charge >= 0.3 is 12.2 Å². The zero-order valence-electron chi connectivity index (χ0n) is 21.1. The lowest BCUT2D eigenvalue weighted by atomic mass is 10.1. The molecule has 9 nitrogen and oxygen atoms in total. The van der Waals surface area contributed by atoms with E-state index in [1.807, 2.05) is 0 Å². The smallest absolute Gasteiger partial charge is 0.420 e. The van der Waals surface area contributed by atoms with Crippen LogP contribution in [0, 0.1) is 5.82 Å². The minimum Gasteiger partial charge on any atom is -0.457 e. The standard InChI is InChI=1S/C28H19F4N5O4/c1-16(38)37-26-22(15-34-37)24(12-13-33-26)40-21-9-4-18(5-10-21)35-27(39)36-19-6-11-25(23(14-19)28(30,31)32)41-20-7-2-17(29)3-8-20/h2-15H,1H3,(H2,35,36,39). The molecule has 0 aliphatic rings. The van der Waals surface area contributed by atoms with Crippen molar-refractivity contribution in [3.8, 4) is 23.0 Å². The van der Waals surface area contributed by atoms with Crippen LogP contribution in [0.25, 0.3) is 11.0 Å². The Morgan fingerprint density at radius 1 is 0.829 bits per heavy atom. The summed E-state index contributed by atoms with van der Waals surface area (Å²) in [6.45, 7) is 1.36. The van der Waals surface area contributed by atoms with Crippen molar-refractivity contribution in [2.45, 2.75) is 13.1 Å². The molecule has 0 saturated heterocycles. The Morgan fingerprint density at radius 3 is 2.10 bits per heavy atom. The van der Waals surface area contributed by atoms with Gasteiger partial charge < -0.3 is 20.1 Å². The summed E-state index contributed by atoms with van der Waals surface area (Å²) < 4.78 is 66.5. The number of hydrogen-bond donors (Lipinski definition) is 2. The van der Waals surface area contributed by atoms with E-state index in [4.69, 9.17) is 9.47 Å². The van der Waals surface area contributed by atoms with Crippen molar-refractivity contribution in [1.82, 2.24) is 14.8 Å². The molecular weight excluding hydrogens is 546 g/mol. The number of nitrogens with one attached hydrogen (secondary N) is 2. The van der Waals surface area contributed by atoms with E-state index in [1.165, 1.54) is 49.6 Å². The Bertz CT molecular complexity index is 1740. The third-order valence-electron chi connectivity index (χ3n) is 5.65. The monoisotopic (exact) mass is 565 g/mol. The molecule has 0 unspecified atom stereocenters. The predicted octanol–water partition coefficient (Wildman–Crippen LogP) is 7.48. The van der Waals surface area contributed by atoms with Crippen LogP contribution in [0.2, 0.25) is 0 Å². The molecule has 2 amide bonds. The number of amides is 2. The second kappa shape index (κ2) is 11.0. The maximum atomic E-state index is 13.7. The van der Waals surface area contributed by atoms with Crippen molar-refractivity contribution in [3.63, 3.8) is 0 Å². The van der Waals surface area contributed by atoms with Crippen LogP contribution in [-0.2, 0) is 6.18 Å². The average molecular weight is 565 g/mol. The highest BCUT2D eigenvalue weighted by atomic mass is 19.4. The quantitative estimate of drug-likeness (QED) is 0.207. The van der Waals surface area contributed by atoms with E-state index < -0.39 is 29.3 Å². The number of ether oxygens (including phenoxy) is 2. The molecule has 2 N–H and O–H groups in total. The molecule has 0 atom stereocenters. The number of rotatable bonds is 6. The van der Waals surface area contributed by atoms with Crippen molar-refractivity contribution in [2.24, 2.45) is 0 Å². The molecule has 0 radical (unpaired) electrons. The van der Waals surface area contributed by atoms with Gasteiger partial charge in [0.2, 0.25) is 5.91 Å². The Labute approximate surface area is 229 Å².